The largest absolute Gasteiger partial charge is 0.272 e. The number of rotatable bonds is 3. The quantitative estimate of drug-likeness (QED) is 0.877. The number of hydrogen-bond acceptors (Lipinski definition) is 5. The molecule has 1 heterocycles. The summed E-state index contributed by atoms with van der Waals surface area (Å²) in [5.41, 5.74) is 0.995. The minimum Gasteiger partial charge on any atom is -0.272 e. The van der Waals surface area contributed by atoms with E-state index in [0.717, 1.165) is 0 Å². The number of hydrazone groups is 1. The zero-order chi connectivity index (χ0) is 14.9. The molecule has 1 aromatic carbocycles. The third-order valence-electron chi connectivity index (χ3n) is 2.97. The van der Waals surface area contributed by atoms with E-state index in [1.54, 1.807) is 6.92 Å². The summed E-state index contributed by atoms with van der Waals surface area (Å²) in [6.07, 6.45) is 0.0694. The Hall–Kier alpha value is -2.24. The highest BCUT2D eigenvalue weighted by molar-refractivity contribution is 7.89. The second-order valence-electron chi connectivity index (χ2n) is 4.35. The van der Waals surface area contributed by atoms with Gasteiger partial charge in [0.15, 0.2) is 0 Å². The monoisotopic (exact) mass is 292 g/mol. The van der Waals surface area contributed by atoms with Crippen LogP contribution in [0.25, 0.3) is 0 Å². The highest BCUT2D eigenvalue weighted by atomic mass is 32.2. The second-order valence-corrected chi connectivity index (χ2v) is 5.91. The van der Waals surface area contributed by atoms with Gasteiger partial charge in [0, 0.05) is 5.71 Å². The molecule has 0 saturated heterocycles. The van der Waals surface area contributed by atoms with E-state index >= 15 is 0 Å². The first-order chi connectivity index (χ1) is 9.34. The van der Waals surface area contributed by atoms with E-state index < -0.39 is 15.9 Å². The van der Waals surface area contributed by atoms with E-state index in [0.29, 0.717) is 11.4 Å². The van der Waals surface area contributed by atoms with Gasteiger partial charge < -0.3 is 0 Å². The van der Waals surface area contributed by atoms with E-state index in [1.807, 2.05) is 6.07 Å². The molecule has 7 nitrogen and oxygen atoms in total. The summed E-state index contributed by atoms with van der Waals surface area (Å²) >= 11 is 0. The van der Waals surface area contributed by atoms with Crippen molar-refractivity contribution in [2.45, 2.75) is 18.2 Å². The minimum atomic E-state index is -3.77. The number of amides is 1. The standard InChI is InChI=1S/C12H12N4O3S/c1-8-11(6-7-13)12(17)16(15-8)9-2-4-10(5-3-9)20(14,18)19/h2-5,11H,6H2,1H3,(H2,14,18,19). The Kier molecular flexibility index (Phi) is 3.57. The van der Waals surface area contributed by atoms with Crippen LogP contribution in [0.1, 0.15) is 13.3 Å². The van der Waals surface area contributed by atoms with Crippen molar-refractivity contribution in [2.75, 3.05) is 5.01 Å². The van der Waals surface area contributed by atoms with Crippen molar-refractivity contribution in [3.8, 4) is 6.07 Å². The van der Waals surface area contributed by atoms with Crippen LogP contribution < -0.4 is 10.1 Å². The van der Waals surface area contributed by atoms with Gasteiger partial charge in [0.25, 0.3) is 5.91 Å². The van der Waals surface area contributed by atoms with Gasteiger partial charge in [-0.3, -0.25) is 4.79 Å². The Labute approximate surface area is 116 Å². The van der Waals surface area contributed by atoms with Gasteiger partial charge in [-0.25, -0.2) is 18.6 Å². The van der Waals surface area contributed by atoms with Crippen LogP contribution >= 0.6 is 0 Å². The number of primary sulfonamides is 1. The molecule has 1 amide bonds. The molecule has 1 atom stereocenters. The summed E-state index contributed by atoms with van der Waals surface area (Å²) in [5.74, 6) is -0.842. The average molecular weight is 292 g/mol. The molecule has 0 spiro atoms. The second kappa shape index (κ2) is 5.03. The lowest BCUT2D eigenvalue weighted by Crippen LogP contribution is -2.26. The molecular formula is C12H12N4O3S. The maximum atomic E-state index is 12.1. The molecule has 1 aliphatic heterocycles. The molecule has 20 heavy (non-hydrogen) atoms. The summed E-state index contributed by atoms with van der Waals surface area (Å²) < 4.78 is 22.3. The Bertz CT molecular complexity index is 716. The smallest absolute Gasteiger partial charge is 0.257 e. The minimum absolute atomic E-state index is 0.0397. The molecule has 1 aliphatic rings. The van der Waals surface area contributed by atoms with Gasteiger partial charge in [0.2, 0.25) is 10.0 Å². The highest BCUT2D eigenvalue weighted by Gasteiger charge is 2.34. The third kappa shape index (κ3) is 2.54. The van der Waals surface area contributed by atoms with Crippen molar-refractivity contribution in [3.05, 3.63) is 24.3 Å². The van der Waals surface area contributed by atoms with Crippen molar-refractivity contribution in [1.82, 2.24) is 0 Å². The number of nitrogens with zero attached hydrogens (tertiary/aromatic N) is 3. The van der Waals surface area contributed by atoms with E-state index in [1.165, 1.54) is 29.3 Å². The molecule has 1 unspecified atom stereocenters. The molecule has 0 saturated carbocycles. The number of sulfonamides is 1. The van der Waals surface area contributed by atoms with Crippen LogP contribution in [0, 0.1) is 17.2 Å². The molecular weight excluding hydrogens is 280 g/mol. The number of anilines is 1. The molecule has 0 aromatic heterocycles. The Morgan fingerprint density at radius 3 is 2.50 bits per heavy atom. The maximum Gasteiger partial charge on any atom is 0.257 e. The number of carbonyl (C=O) groups is 1. The van der Waals surface area contributed by atoms with Crippen LogP contribution in [-0.4, -0.2) is 20.0 Å². The van der Waals surface area contributed by atoms with Crippen LogP contribution in [-0.2, 0) is 14.8 Å². The Morgan fingerprint density at radius 1 is 1.40 bits per heavy atom. The van der Waals surface area contributed by atoms with Gasteiger partial charge in [-0.05, 0) is 31.2 Å². The molecule has 2 rings (SSSR count). The van der Waals surface area contributed by atoms with E-state index in [2.05, 4.69) is 5.10 Å². The van der Waals surface area contributed by atoms with Crippen LogP contribution in [0.15, 0.2) is 34.3 Å². The van der Waals surface area contributed by atoms with Crippen LogP contribution in [0.2, 0.25) is 0 Å². The summed E-state index contributed by atoms with van der Waals surface area (Å²) in [7, 11) is -3.77. The molecule has 0 radical (unpaired) electrons. The number of carbonyl (C=O) groups excluding carboxylic acids is 1. The lowest BCUT2D eigenvalue weighted by Gasteiger charge is -2.13. The zero-order valence-corrected chi connectivity index (χ0v) is 11.5. The fourth-order valence-corrected chi connectivity index (χ4v) is 2.41. The zero-order valence-electron chi connectivity index (χ0n) is 10.6. The summed E-state index contributed by atoms with van der Waals surface area (Å²) in [5, 5.41) is 19.0. The predicted molar refractivity (Wildman–Crippen MR) is 72.1 cm³/mol. The number of nitrogens with two attached hydrogens (primary N) is 1. The first kappa shape index (κ1) is 14.2. The van der Waals surface area contributed by atoms with Crippen molar-refractivity contribution in [1.29, 1.82) is 5.26 Å². The third-order valence-corrected chi connectivity index (χ3v) is 3.90. The van der Waals surface area contributed by atoms with Gasteiger partial charge in [0.05, 0.1) is 29.0 Å². The van der Waals surface area contributed by atoms with Crippen molar-refractivity contribution in [2.24, 2.45) is 16.2 Å². The van der Waals surface area contributed by atoms with Gasteiger partial charge in [-0.15, -0.1) is 0 Å². The average Bonchev–Trinajstić information content (AvgIpc) is 2.66. The first-order valence-corrected chi connectivity index (χ1v) is 7.28. The normalized spacial score (nSPS) is 18.9. The SMILES string of the molecule is CC1=NN(c2ccc(S(N)(=O)=O)cc2)C(=O)C1CC#N. The fraction of sp³-hybridized carbons (Fsp3) is 0.250. The predicted octanol–water partition coefficient (Wildman–Crippen LogP) is 0.586. The fourth-order valence-electron chi connectivity index (χ4n) is 1.89. The lowest BCUT2D eigenvalue weighted by atomic mass is 10.0. The van der Waals surface area contributed by atoms with Crippen molar-refractivity contribution >= 4 is 27.3 Å². The summed E-state index contributed by atoms with van der Waals surface area (Å²) in [6, 6.07) is 7.45. The number of benzene rings is 1. The number of nitriles is 1. The molecule has 2 N–H and O–H groups in total. The molecule has 8 heteroatoms. The molecule has 1 aromatic rings. The van der Waals surface area contributed by atoms with Crippen molar-refractivity contribution in [3.63, 3.8) is 0 Å². The molecule has 0 fully saturated rings. The van der Waals surface area contributed by atoms with E-state index in [-0.39, 0.29) is 17.2 Å². The van der Waals surface area contributed by atoms with Crippen LogP contribution in [0.3, 0.4) is 0 Å². The van der Waals surface area contributed by atoms with E-state index in [9.17, 15) is 13.2 Å². The first-order valence-electron chi connectivity index (χ1n) is 5.73. The van der Waals surface area contributed by atoms with Gasteiger partial charge in [-0.1, -0.05) is 0 Å². The van der Waals surface area contributed by atoms with Crippen LogP contribution in [0.4, 0.5) is 5.69 Å². The summed E-state index contributed by atoms with van der Waals surface area (Å²) in [6.45, 7) is 1.68. The highest BCUT2D eigenvalue weighted by Crippen LogP contribution is 2.26. The Balaban J connectivity index is 2.31. The van der Waals surface area contributed by atoms with Gasteiger partial charge >= 0.3 is 0 Å². The molecule has 104 valence electrons. The van der Waals surface area contributed by atoms with E-state index in [4.69, 9.17) is 10.4 Å². The van der Waals surface area contributed by atoms with Crippen molar-refractivity contribution < 1.29 is 13.2 Å². The van der Waals surface area contributed by atoms with Gasteiger partial charge in [0.1, 0.15) is 0 Å². The molecule has 0 aliphatic carbocycles. The summed E-state index contributed by atoms with van der Waals surface area (Å²) in [4.78, 5) is 12.1. The van der Waals surface area contributed by atoms with Crippen LogP contribution in [0.5, 0.6) is 0 Å². The lowest BCUT2D eigenvalue weighted by molar-refractivity contribution is -0.119. The van der Waals surface area contributed by atoms with Gasteiger partial charge in [-0.2, -0.15) is 10.4 Å². The Morgan fingerprint density at radius 2 is 2.00 bits per heavy atom. The topological polar surface area (TPSA) is 117 Å². The maximum absolute atomic E-state index is 12.1. The molecule has 0 bridgehead atoms. The number of hydrogen-bond donors (Lipinski definition) is 1.